The van der Waals surface area contributed by atoms with Crippen molar-refractivity contribution in [1.82, 2.24) is 4.57 Å². The molecular weight excluding hydrogens is 314 g/mol. The molecule has 1 aromatic heterocycles. The second-order valence-corrected chi connectivity index (χ2v) is 5.71. The van der Waals surface area contributed by atoms with E-state index in [4.69, 9.17) is 21.4 Å². The molecule has 0 saturated carbocycles. The Balaban J connectivity index is 2.01. The summed E-state index contributed by atoms with van der Waals surface area (Å²) < 4.78 is 7.53. The third-order valence-corrected chi connectivity index (χ3v) is 4.00. The number of rotatable bonds is 5. The zero-order chi connectivity index (χ0) is 16.4. The van der Waals surface area contributed by atoms with Gasteiger partial charge in [-0.1, -0.05) is 48.0 Å². The minimum atomic E-state index is -1.40. The number of alkyl halides is 1. The van der Waals surface area contributed by atoms with E-state index < -0.39 is 11.5 Å². The SMILES string of the molecule is Cc1cc2c(OC(Cl)C(=O)O)cccc2n1Cc1ccccc1. The molecule has 0 radical (unpaired) electrons. The normalized spacial score (nSPS) is 12.3. The van der Waals surface area contributed by atoms with Crippen LogP contribution in [0.1, 0.15) is 11.3 Å². The molecule has 0 amide bonds. The molecule has 3 rings (SSSR count). The van der Waals surface area contributed by atoms with E-state index in [2.05, 4.69) is 16.7 Å². The highest BCUT2D eigenvalue weighted by molar-refractivity contribution is 6.28. The summed E-state index contributed by atoms with van der Waals surface area (Å²) in [6.45, 7) is 2.75. The Hall–Kier alpha value is -2.46. The Morgan fingerprint density at radius 1 is 1.22 bits per heavy atom. The number of benzene rings is 2. The van der Waals surface area contributed by atoms with Crippen molar-refractivity contribution < 1.29 is 14.6 Å². The number of aryl methyl sites for hydroxylation is 1. The fraction of sp³-hybridized carbons (Fsp3) is 0.167. The molecule has 0 aliphatic rings. The van der Waals surface area contributed by atoms with Gasteiger partial charge in [-0.25, -0.2) is 4.79 Å². The minimum Gasteiger partial charge on any atom is -0.478 e. The number of aliphatic carboxylic acids is 1. The number of carboxylic acid groups (broad SMARTS) is 1. The van der Waals surface area contributed by atoms with E-state index in [9.17, 15) is 4.79 Å². The molecule has 2 aromatic carbocycles. The lowest BCUT2D eigenvalue weighted by Crippen LogP contribution is -2.20. The summed E-state index contributed by atoms with van der Waals surface area (Å²) in [5.41, 5.74) is 1.85. The summed E-state index contributed by atoms with van der Waals surface area (Å²) in [5, 5.41) is 9.76. The van der Waals surface area contributed by atoms with Crippen LogP contribution in [-0.2, 0) is 11.3 Å². The number of hydrogen-bond donors (Lipinski definition) is 1. The first-order valence-electron chi connectivity index (χ1n) is 7.22. The van der Waals surface area contributed by atoms with Crippen molar-refractivity contribution in [3.8, 4) is 5.75 Å². The maximum Gasteiger partial charge on any atom is 0.360 e. The number of nitrogens with zero attached hydrogens (tertiary/aromatic N) is 1. The maximum atomic E-state index is 10.9. The molecule has 0 fully saturated rings. The molecule has 23 heavy (non-hydrogen) atoms. The van der Waals surface area contributed by atoms with E-state index in [0.29, 0.717) is 5.75 Å². The number of carbonyl (C=O) groups is 1. The Morgan fingerprint density at radius 2 is 1.96 bits per heavy atom. The van der Waals surface area contributed by atoms with E-state index in [1.807, 2.05) is 43.3 Å². The van der Waals surface area contributed by atoms with Gasteiger partial charge in [0.15, 0.2) is 0 Å². The number of hydrogen-bond acceptors (Lipinski definition) is 2. The zero-order valence-electron chi connectivity index (χ0n) is 12.6. The fourth-order valence-corrected chi connectivity index (χ4v) is 2.73. The molecule has 1 atom stereocenters. The van der Waals surface area contributed by atoms with Gasteiger partial charge < -0.3 is 14.4 Å². The van der Waals surface area contributed by atoms with Crippen LogP contribution in [0.2, 0.25) is 0 Å². The summed E-state index contributed by atoms with van der Waals surface area (Å²) in [7, 11) is 0. The van der Waals surface area contributed by atoms with E-state index in [1.165, 1.54) is 5.56 Å². The first-order chi connectivity index (χ1) is 11.1. The quantitative estimate of drug-likeness (QED) is 0.719. The van der Waals surface area contributed by atoms with Gasteiger partial charge >= 0.3 is 5.97 Å². The number of ether oxygens (including phenoxy) is 1. The van der Waals surface area contributed by atoms with Crippen molar-refractivity contribution >= 4 is 28.5 Å². The molecule has 0 aliphatic carbocycles. The van der Waals surface area contributed by atoms with Crippen LogP contribution < -0.4 is 4.74 Å². The van der Waals surface area contributed by atoms with Gasteiger partial charge in [0.25, 0.3) is 5.56 Å². The topological polar surface area (TPSA) is 51.5 Å². The predicted molar refractivity (Wildman–Crippen MR) is 90.1 cm³/mol. The van der Waals surface area contributed by atoms with Crippen molar-refractivity contribution in [1.29, 1.82) is 0 Å². The van der Waals surface area contributed by atoms with Crippen LogP contribution in [0.3, 0.4) is 0 Å². The first-order valence-corrected chi connectivity index (χ1v) is 7.66. The summed E-state index contributed by atoms with van der Waals surface area (Å²) in [6.07, 6.45) is 0. The van der Waals surface area contributed by atoms with Crippen LogP contribution in [0, 0.1) is 6.92 Å². The third kappa shape index (κ3) is 3.17. The highest BCUT2D eigenvalue weighted by Gasteiger charge is 2.18. The van der Waals surface area contributed by atoms with E-state index in [-0.39, 0.29) is 0 Å². The van der Waals surface area contributed by atoms with E-state index in [0.717, 1.165) is 23.1 Å². The van der Waals surface area contributed by atoms with Crippen LogP contribution in [0.4, 0.5) is 0 Å². The Labute approximate surface area is 138 Å². The summed E-state index contributed by atoms with van der Waals surface area (Å²) >= 11 is 5.70. The smallest absolute Gasteiger partial charge is 0.360 e. The van der Waals surface area contributed by atoms with Gasteiger partial charge in [-0.3, -0.25) is 0 Å². The van der Waals surface area contributed by atoms with Crippen LogP contribution in [-0.4, -0.2) is 21.2 Å². The summed E-state index contributed by atoms with van der Waals surface area (Å²) in [4.78, 5) is 10.9. The lowest BCUT2D eigenvalue weighted by Gasteiger charge is -2.11. The van der Waals surface area contributed by atoms with Crippen LogP contribution in [0.15, 0.2) is 54.6 Å². The molecule has 0 spiro atoms. The highest BCUT2D eigenvalue weighted by Crippen LogP contribution is 2.30. The van der Waals surface area contributed by atoms with Crippen molar-refractivity contribution in [3.05, 3.63) is 65.9 Å². The van der Waals surface area contributed by atoms with Gasteiger partial charge in [0, 0.05) is 17.6 Å². The van der Waals surface area contributed by atoms with Crippen molar-refractivity contribution in [2.24, 2.45) is 0 Å². The van der Waals surface area contributed by atoms with Gasteiger partial charge in [-0.05, 0) is 30.7 Å². The molecule has 1 heterocycles. The lowest BCUT2D eigenvalue weighted by molar-refractivity contribution is -0.141. The van der Waals surface area contributed by atoms with Crippen LogP contribution >= 0.6 is 11.6 Å². The fourth-order valence-electron chi connectivity index (χ4n) is 2.63. The van der Waals surface area contributed by atoms with Crippen molar-refractivity contribution in [2.75, 3.05) is 0 Å². The summed E-state index contributed by atoms with van der Waals surface area (Å²) in [5.74, 6) is -0.732. The van der Waals surface area contributed by atoms with E-state index >= 15 is 0 Å². The zero-order valence-corrected chi connectivity index (χ0v) is 13.3. The number of fused-ring (bicyclic) bond motifs is 1. The number of aromatic nitrogens is 1. The summed E-state index contributed by atoms with van der Waals surface area (Å²) in [6, 6.07) is 17.7. The molecular formula is C18H16ClNO3. The lowest BCUT2D eigenvalue weighted by atomic mass is 10.2. The maximum absolute atomic E-state index is 10.9. The van der Waals surface area contributed by atoms with Gasteiger partial charge in [0.2, 0.25) is 0 Å². The second kappa shape index (κ2) is 6.34. The van der Waals surface area contributed by atoms with Crippen LogP contribution in [0.5, 0.6) is 5.75 Å². The Kier molecular flexibility index (Phi) is 4.26. The average molecular weight is 330 g/mol. The molecule has 1 N–H and O–H groups in total. The molecule has 5 heteroatoms. The monoisotopic (exact) mass is 329 g/mol. The molecule has 4 nitrogen and oxygen atoms in total. The van der Waals surface area contributed by atoms with Crippen molar-refractivity contribution in [3.63, 3.8) is 0 Å². The molecule has 3 aromatic rings. The highest BCUT2D eigenvalue weighted by atomic mass is 35.5. The minimum absolute atomic E-state index is 0.472. The van der Waals surface area contributed by atoms with Crippen molar-refractivity contribution in [2.45, 2.75) is 19.0 Å². The van der Waals surface area contributed by atoms with E-state index in [1.54, 1.807) is 6.07 Å². The molecule has 0 saturated heterocycles. The molecule has 0 bridgehead atoms. The first kappa shape index (κ1) is 15.4. The number of halogens is 1. The standard InChI is InChI=1S/C18H16ClNO3/c1-12-10-14-15(20(12)11-13-6-3-2-4-7-13)8-5-9-16(14)23-17(19)18(21)22/h2-10,17H,11H2,1H3,(H,21,22). The molecule has 118 valence electrons. The molecule has 0 aliphatic heterocycles. The van der Waals surface area contributed by atoms with Gasteiger partial charge in [0.05, 0.1) is 5.52 Å². The Bertz CT molecular complexity index is 842. The van der Waals surface area contributed by atoms with Gasteiger partial charge in [0.1, 0.15) is 5.75 Å². The van der Waals surface area contributed by atoms with Gasteiger partial charge in [-0.2, -0.15) is 0 Å². The van der Waals surface area contributed by atoms with Gasteiger partial charge in [-0.15, -0.1) is 0 Å². The second-order valence-electron chi connectivity index (χ2n) is 5.32. The third-order valence-electron chi connectivity index (χ3n) is 3.72. The Morgan fingerprint density at radius 3 is 2.65 bits per heavy atom. The average Bonchev–Trinajstić information content (AvgIpc) is 2.85. The molecule has 1 unspecified atom stereocenters. The number of carboxylic acids is 1. The van der Waals surface area contributed by atoms with Crippen LogP contribution in [0.25, 0.3) is 10.9 Å². The largest absolute Gasteiger partial charge is 0.478 e. The predicted octanol–water partition coefficient (Wildman–Crippen LogP) is 4.03.